The third-order valence-electron chi connectivity index (χ3n) is 6.22. The second-order valence-corrected chi connectivity index (χ2v) is 9.93. The van der Waals surface area contributed by atoms with Crippen LogP contribution in [-0.2, 0) is 4.79 Å². The summed E-state index contributed by atoms with van der Waals surface area (Å²) in [4.78, 5) is 47.0. The van der Waals surface area contributed by atoms with Crippen molar-refractivity contribution in [3.05, 3.63) is 117 Å². The number of urea groups is 1. The number of hydrogen-bond acceptors (Lipinski definition) is 5. The summed E-state index contributed by atoms with van der Waals surface area (Å²) in [6.07, 6.45) is -1.25. The summed E-state index contributed by atoms with van der Waals surface area (Å²) in [6.45, 7) is 3.63. The number of fused-ring (bicyclic) bond motifs is 1. The molecule has 0 spiro atoms. The van der Waals surface area contributed by atoms with Crippen molar-refractivity contribution in [2.24, 2.45) is 4.99 Å². The first-order valence-electron chi connectivity index (χ1n) is 12.2. The zero-order valence-corrected chi connectivity index (χ0v) is 21.8. The standard InChI is InChI=1S/C30H26N4O3S/c1-19-9-8-12-22(17-19)31-30(37)33-28-29(36)34(18-25(35)27-20(2)15-16-38-27)24-14-7-6-13-23(24)26(32-28)21-10-4-3-5-11-21/h3-17,28H,18H2,1-2H3,(H2,31,33,37)/t28-/m0/s1. The summed E-state index contributed by atoms with van der Waals surface area (Å²) in [5.74, 6) is -0.669. The number of ketones is 1. The number of thiophene rings is 1. The maximum Gasteiger partial charge on any atom is 0.321 e. The molecule has 0 aliphatic carbocycles. The fourth-order valence-electron chi connectivity index (χ4n) is 4.40. The number of rotatable bonds is 6. The minimum Gasteiger partial charge on any atom is -0.308 e. The highest BCUT2D eigenvalue weighted by molar-refractivity contribution is 7.12. The number of benzene rings is 3. The van der Waals surface area contributed by atoms with E-state index < -0.39 is 18.1 Å². The molecule has 2 heterocycles. The van der Waals surface area contributed by atoms with E-state index in [1.54, 1.807) is 12.1 Å². The lowest BCUT2D eigenvalue weighted by molar-refractivity contribution is -0.120. The molecule has 4 aromatic rings. The van der Waals surface area contributed by atoms with Crippen LogP contribution in [0.5, 0.6) is 0 Å². The summed E-state index contributed by atoms with van der Waals surface area (Å²) in [5, 5.41) is 7.36. The highest BCUT2D eigenvalue weighted by Crippen LogP contribution is 2.29. The zero-order chi connectivity index (χ0) is 26.6. The first-order valence-corrected chi connectivity index (χ1v) is 13.0. The van der Waals surface area contributed by atoms with Crippen LogP contribution >= 0.6 is 11.3 Å². The number of benzodiazepines with no additional fused rings is 1. The van der Waals surface area contributed by atoms with Crippen LogP contribution in [0.4, 0.5) is 16.2 Å². The van der Waals surface area contributed by atoms with E-state index in [0.29, 0.717) is 27.5 Å². The Morgan fingerprint density at radius 1 is 0.947 bits per heavy atom. The second kappa shape index (κ2) is 10.8. The Kier molecular flexibility index (Phi) is 7.15. The van der Waals surface area contributed by atoms with Gasteiger partial charge in [-0.25, -0.2) is 9.79 Å². The number of Topliss-reactive ketones (excluding diaryl/α,β-unsaturated/α-hetero) is 1. The molecule has 8 heteroatoms. The number of hydrogen-bond donors (Lipinski definition) is 2. The van der Waals surface area contributed by atoms with Gasteiger partial charge in [0.25, 0.3) is 5.91 Å². The molecule has 3 aromatic carbocycles. The van der Waals surface area contributed by atoms with E-state index in [1.165, 1.54) is 16.2 Å². The van der Waals surface area contributed by atoms with Crippen LogP contribution in [0.15, 0.2) is 95.3 Å². The third kappa shape index (κ3) is 5.26. The molecule has 190 valence electrons. The van der Waals surface area contributed by atoms with Crippen LogP contribution in [0, 0.1) is 13.8 Å². The summed E-state index contributed by atoms with van der Waals surface area (Å²) >= 11 is 1.35. The summed E-state index contributed by atoms with van der Waals surface area (Å²) < 4.78 is 0. The van der Waals surface area contributed by atoms with Gasteiger partial charge in [-0.1, -0.05) is 60.7 Å². The highest BCUT2D eigenvalue weighted by atomic mass is 32.1. The van der Waals surface area contributed by atoms with Crippen molar-refractivity contribution in [1.29, 1.82) is 0 Å². The number of carbonyl (C=O) groups excluding carboxylic acids is 3. The fraction of sp³-hybridized carbons (Fsp3) is 0.133. The van der Waals surface area contributed by atoms with Gasteiger partial charge in [-0.3, -0.25) is 9.59 Å². The Hall–Kier alpha value is -4.56. The topological polar surface area (TPSA) is 90.9 Å². The van der Waals surface area contributed by atoms with Gasteiger partial charge in [-0.2, -0.15) is 0 Å². The van der Waals surface area contributed by atoms with Crippen LogP contribution in [0.3, 0.4) is 0 Å². The molecule has 0 radical (unpaired) electrons. The van der Waals surface area contributed by atoms with Crippen molar-refractivity contribution in [1.82, 2.24) is 5.32 Å². The SMILES string of the molecule is Cc1cccc(NC(=O)N[C@@H]2N=C(c3ccccc3)c3ccccc3N(CC(=O)c3sccc3C)C2=O)c1. The number of carbonyl (C=O) groups is 3. The van der Waals surface area contributed by atoms with E-state index in [9.17, 15) is 14.4 Å². The lowest BCUT2D eigenvalue weighted by Gasteiger charge is -2.25. The maximum absolute atomic E-state index is 13.9. The lowest BCUT2D eigenvalue weighted by atomic mass is 10.00. The number of para-hydroxylation sites is 1. The van der Waals surface area contributed by atoms with E-state index in [0.717, 1.165) is 16.7 Å². The first kappa shape index (κ1) is 25.1. The van der Waals surface area contributed by atoms with E-state index in [4.69, 9.17) is 4.99 Å². The molecule has 0 bridgehead atoms. The van der Waals surface area contributed by atoms with Crippen molar-refractivity contribution in [3.63, 3.8) is 0 Å². The molecule has 0 unspecified atom stereocenters. The average molecular weight is 523 g/mol. The molecular weight excluding hydrogens is 496 g/mol. The van der Waals surface area contributed by atoms with Crippen molar-refractivity contribution in [3.8, 4) is 0 Å². The quantitative estimate of drug-likeness (QED) is 0.324. The van der Waals surface area contributed by atoms with Crippen LogP contribution in [-0.4, -0.2) is 36.1 Å². The second-order valence-electron chi connectivity index (χ2n) is 9.01. The number of anilines is 2. The minimum absolute atomic E-state index is 0.174. The molecule has 1 atom stereocenters. The minimum atomic E-state index is -1.25. The number of amides is 3. The molecule has 1 aliphatic rings. The zero-order valence-electron chi connectivity index (χ0n) is 21.0. The van der Waals surface area contributed by atoms with Crippen molar-refractivity contribution in [2.75, 3.05) is 16.8 Å². The molecule has 0 fully saturated rings. The molecule has 7 nitrogen and oxygen atoms in total. The molecule has 38 heavy (non-hydrogen) atoms. The first-order chi connectivity index (χ1) is 18.4. The van der Waals surface area contributed by atoms with E-state index in [1.807, 2.05) is 92.0 Å². The van der Waals surface area contributed by atoms with Crippen LogP contribution in [0.2, 0.25) is 0 Å². The van der Waals surface area contributed by atoms with Gasteiger partial charge < -0.3 is 15.5 Å². The maximum atomic E-state index is 13.9. The Morgan fingerprint density at radius 3 is 2.45 bits per heavy atom. The van der Waals surface area contributed by atoms with Gasteiger partial charge in [-0.05, 0) is 54.6 Å². The van der Waals surface area contributed by atoms with Gasteiger partial charge >= 0.3 is 6.03 Å². The van der Waals surface area contributed by atoms with E-state index in [-0.39, 0.29) is 12.3 Å². The highest BCUT2D eigenvalue weighted by Gasteiger charge is 2.34. The molecule has 0 saturated heterocycles. The predicted octanol–water partition coefficient (Wildman–Crippen LogP) is 5.58. The summed E-state index contributed by atoms with van der Waals surface area (Å²) in [5.41, 5.74) is 5.06. The Morgan fingerprint density at radius 2 is 1.71 bits per heavy atom. The van der Waals surface area contributed by atoms with E-state index >= 15 is 0 Å². The fourth-order valence-corrected chi connectivity index (χ4v) is 5.26. The third-order valence-corrected chi connectivity index (χ3v) is 7.27. The Bertz CT molecular complexity index is 1540. The largest absolute Gasteiger partial charge is 0.321 e. The van der Waals surface area contributed by atoms with Gasteiger partial charge in [0.1, 0.15) is 0 Å². The van der Waals surface area contributed by atoms with Crippen LogP contribution in [0.1, 0.15) is 31.9 Å². The molecule has 2 N–H and O–H groups in total. The monoisotopic (exact) mass is 522 g/mol. The molecule has 1 aromatic heterocycles. The Labute approximate surface area is 224 Å². The van der Waals surface area contributed by atoms with Gasteiger partial charge in [0, 0.05) is 16.8 Å². The lowest BCUT2D eigenvalue weighted by Crippen LogP contribution is -2.49. The van der Waals surface area contributed by atoms with Gasteiger partial charge in [-0.15, -0.1) is 11.3 Å². The number of aliphatic imine (C=N–C) groups is 1. The molecule has 1 aliphatic heterocycles. The molecular formula is C30H26N4O3S. The number of aryl methyl sites for hydroxylation is 2. The summed E-state index contributed by atoms with van der Waals surface area (Å²) in [7, 11) is 0. The molecule has 3 amide bonds. The van der Waals surface area contributed by atoms with Crippen molar-refractivity contribution < 1.29 is 14.4 Å². The van der Waals surface area contributed by atoms with Gasteiger partial charge in [0.15, 0.2) is 5.78 Å². The van der Waals surface area contributed by atoms with Crippen LogP contribution < -0.4 is 15.5 Å². The molecule has 0 saturated carbocycles. The molecule has 5 rings (SSSR count). The summed E-state index contributed by atoms with van der Waals surface area (Å²) in [6, 6.07) is 25.5. The average Bonchev–Trinajstić information content (AvgIpc) is 3.31. The van der Waals surface area contributed by atoms with Crippen LogP contribution in [0.25, 0.3) is 0 Å². The normalized spacial score (nSPS) is 14.8. The predicted molar refractivity (Wildman–Crippen MR) is 151 cm³/mol. The smallest absolute Gasteiger partial charge is 0.308 e. The number of nitrogens with one attached hydrogen (secondary N) is 2. The Balaban J connectivity index is 1.54. The van der Waals surface area contributed by atoms with E-state index in [2.05, 4.69) is 10.6 Å². The van der Waals surface area contributed by atoms with Crippen molar-refractivity contribution in [2.45, 2.75) is 20.0 Å². The number of nitrogens with zero attached hydrogens (tertiary/aromatic N) is 2. The van der Waals surface area contributed by atoms with Gasteiger partial charge in [0.2, 0.25) is 6.17 Å². The van der Waals surface area contributed by atoms with Gasteiger partial charge in [0.05, 0.1) is 22.8 Å². The van der Waals surface area contributed by atoms with Crippen molar-refractivity contribution >= 4 is 46.1 Å².